The number of pyridine rings is 2. The number of hydrogen-bond donors (Lipinski definition) is 2. The molecule has 0 aliphatic heterocycles. The first-order valence-corrected chi connectivity index (χ1v) is 11.1. The zero-order chi connectivity index (χ0) is 23.6. The Kier molecular flexibility index (Phi) is 6.59. The van der Waals surface area contributed by atoms with Gasteiger partial charge >= 0.3 is 12.1 Å². The SMILES string of the molecule is CCNc1cc(C(=O)[N+](=S)[C@H]2CC[C@@H](Nc3cccc4nc(C(F)(F)F)cn34)CC2)ccn1. The first-order valence-electron chi connectivity index (χ1n) is 10.8. The molecular formula is C22H24F3N6OS+. The standard InChI is InChI=1S/C22H24F3N6OS/c1-2-26-18-12-14(10-11-27-18)21(32)31(33)16-8-6-15(7-9-16)28-19-4-3-5-20-29-17(13-30(19)20)22(23,24)25/h3-5,10-13,15-16,28H,2,6-9H2,1H3,(H,26,27)/q+1/t15-,16+. The molecule has 0 aromatic carbocycles. The van der Waals surface area contributed by atoms with E-state index < -0.39 is 11.9 Å². The smallest absolute Gasteiger partial charge is 0.370 e. The van der Waals surface area contributed by atoms with Gasteiger partial charge in [-0.2, -0.15) is 13.2 Å². The first kappa shape index (κ1) is 23.1. The van der Waals surface area contributed by atoms with Crippen molar-refractivity contribution in [2.24, 2.45) is 0 Å². The fraction of sp³-hybridized carbons (Fsp3) is 0.409. The van der Waals surface area contributed by atoms with Crippen molar-refractivity contribution in [1.29, 1.82) is 0 Å². The Morgan fingerprint density at radius 1 is 1.24 bits per heavy atom. The molecule has 1 fully saturated rings. The quantitative estimate of drug-likeness (QED) is 0.510. The van der Waals surface area contributed by atoms with E-state index in [1.54, 1.807) is 36.5 Å². The predicted octanol–water partition coefficient (Wildman–Crippen LogP) is 4.49. The summed E-state index contributed by atoms with van der Waals surface area (Å²) in [4.78, 5) is 20.7. The molecule has 1 aliphatic rings. The van der Waals surface area contributed by atoms with Crippen LogP contribution in [0.5, 0.6) is 0 Å². The van der Waals surface area contributed by atoms with E-state index in [1.807, 2.05) is 6.92 Å². The summed E-state index contributed by atoms with van der Waals surface area (Å²) < 4.78 is 41.9. The minimum Gasteiger partial charge on any atom is -0.370 e. The lowest BCUT2D eigenvalue weighted by molar-refractivity contribution is -0.448. The number of rotatable bonds is 6. The summed E-state index contributed by atoms with van der Waals surface area (Å²) in [5.74, 6) is 0.950. The van der Waals surface area contributed by atoms with Crippen molar-refractivity contribution >= 4 is 35.6 Å². The molecule has 2 N–H and O–H groups in total. The number of carbonyl (C=O) groups is 1. The largest absolute Gasteiger partial charge is 0.434 e. The number of imidazole rings is 1. The molecule has 0 radical (unpaired) electrons. The van der Waals surface area contributed by atoms with Crippen molar-refractivity contribution in [3.63, 3.8) is 0 Å². The number of anilines is 2. The van der Waals surface area contributed by atoms with Gasteiger partial charge in [0.25, 0.3) is 12.4 Å². The van der Waals surface area contributed by atoms with Crippen LogP contribution in [-0.4, -0.2) is 42.9 Å². The molecule has 0 bridgehead atoms. The highest BCUT2D eigenvalue weighted by atomic mass is 32.1. The molecule has 1 aliphatic carbocycles. The second kappa shape index (κ2) is 9.42. The lowest BCUT2D eigenvalue weighted by atomic mass is 9.91. The third kappa shape index (κ3) is 5.13. The van der Waals surface area contributed by atoms with Gasteiger partial charge in [-0.15, -0.1) is 0 Å². The molecule has 1 amide bonds. The zero-order valence-corrected chi connectivity index (χ0v) is 18.8. The minimum absolute atomic E-state index is 0.0587. The zero-order valence-electron chi connectivity index (χ0n) is 18.0. The number of nitrogens with one attached hydrogen (secondary N) is 2. The molecule has 3 aromatic rings. The maximum atomic E-state index is 13.0. The summed E-state index contributed by atoms with van der Waals surface area (Å²) in [6.45, 7) is 2.65. The van der Waals surface area contributed by atoms with Gasteiger partial charge in [-0.05, 0) is 44.0 Å². The fourth-order valence-corrected chi connectivity index (χ4v) is 4.38. The van der Waals surface area contributed by atoms with E-state index in [0.29, 0.717) is 36.6 Å². The number of amides is 1. The van der Waals surface area contributed by atoms with Gasteiger partial charge in [-0.3, -0.25) is 4.40 Å². The van der Waals surface area contributed by atoms with Crippen molar-refractivity contribution in [3.8, 4) is 0 Å². The lowest BCUT2D eigenvalue weighted by Crippen LogP contribution is -2.37. The van der Waals surface area contributed by atoms with E-state index >= 15 is 0 Å². The number of halogens is 3. The summed E-state index contributed by atoms with van der Waals surface area (Å²) in [7, 11) is 0. The summed E-state index contributed by atoms with van der Waals surface area (Å²) in [6.07, 6.45) is 0.961. The van der Waals surface area contributed by atoms with Crippen LogP contribution in [0.3, 0.4) is 0 Å². The maximum absolute atomic E-state index is 13.0. The van der Waals surface area contributed by atoms with Crippen LogP contribution in [0.1, 0.15) is 48.7 Å². The average molecular weight is 478 g/mol. The van der Waals surface area contributed by atoms with Crippen LogP contribution >= 0.6 is 0 Å². The van der Waals surface area contributed by atoms with Gasteiger partial charge in [0.1, 0.15) is 17.3 Å². The predicted molar refractivity (Wildman–Crippen MR) is 120 cm³/mol. The van der Waals surface area contributed by atoms with Gasteiger partial charge in [-0.1, -0.05) is 10.0 Å². The summed E-state index contributed by atoms with van der Waals surface area (Å²) in [5, 5.41) is 6.41. The average Bonchev–Trinajstić information content (AvgIpc) is 3.25. The molecule has 0 spiro atoms. The Morgan fingerprint density at radius 2 is 2.00 bits per heavy atom. The third-order valence-corrected chi connectivity index (χ3v) is 6.19. The molecular weight excluding hydrogens is 453 g/mol. The normalized spacial score (nSPS) is 18.8. The Labute approximate surface area is 194 Å². The highest BCUT2D eigenvalue weighted by molar-refractivity contribution is 7.44. The van der Waals surface area contributed by atoms with Gasteiger partial charge in [0.15, 0.2) is 11.7 Å². The monoisotopic (exact) mass is 477 g/mol. The van der Waals surface area contributed by atoms with Crippen molar-refractivity contribution in [2.45, 2.75) is 50.9 Å². The van der Waals surface area contributed by atoms with Crippen LogP contribution in [0.25, 0.3) is 5.65 Å². The van der Waals surface area contributed by atoms with Crippen LogP contribution in [-0.2, 0) is 18.6 Å². The maximum Gasteiger partial charge on any atom is 0.434 e. The van der Waals surface area contributed by atoms with Crippen molar-refractivity contribution in [1.82, 2.24) is 14.4 Å². The summed E-state index contributed by atoms with van der Waals surface area (Å²) in [5.41, 5.74) is -0.199. The molecule has 7 nitrogen and oxygen atoms in total. The number of alkyl halides is 3. The molecule has 1 saturated carbocycles. The second-order valence-electron chi connectivity index (χ2n) is 8.00. The van der Waals surface area contributed by atoms with Crippen LogP contribution in [0.15, 0.2) is 42.7 Å². The van der Waals surface area contributed by atoms with Gasteiger partial charge in [0.05, 0.1) is 5.56 Å². The summed E-state index contributed by atoms with van der Waals surface area (Å²) in [6, 6.07) is 8.27. The number of nitrogens with zero attached hydrogens (tertiary/aromatic N) is 4. The Hall–Kier alpha value is -3.08. The topological polar surface area (TPSA) is 74.3 Å². The van der Waals surface area contributed by atoms with Crippen LogP contribution in [0.4, 0.5) is 24.8 Å². The van der Waals surface area contributed by atoms with Gasteiger partial charge in [0, 0.05) is 37.8 Å². The van der Waals surface area contributed by atoms with Crippen LogP contribution in [0.2, 0.25) is 0 Å². The minimum atomic E-state index is -4.50. The van der Waals surface area contributed by atoms with Crippen molar-refractivity contribution in [3.05, 3.63) is 54.0 Å². The molecule has 0 atom stereocenters. The van der Waals surface area contributed by atoms with E-state index in [0.717, 1.165) is 19.0 Å². The first-order chi connectivity index (χ1) is 15.8. The van der Waals surface area contributed by atoms with E-state index in [1.165, 1.54) is 8.35 Å². The number of hydrogen-bond acceptors (Lipinski definition) is 6. The van der Waals surface area contributed by atoms with E-state index in [4.69, 9.17) is 12.4 Å². The molecule has 4 rings (SSSR count). The number of carbonyl (C=O) groups excluding carboxylic acids is 1. The molecule has 0 unspecified atom stereocenters. The lowest BCUT2D eigenvalue weighted by Gasteiger charge is -2.26. The van der Waals surface area contributed by atoms with Gasteiger partial charge < -0.3 is 10.6 Å². The number of aromatic nitrogens is 3. The summed E-state index contributed by atoms with van der Waals surface area (Å²) >= 11 is 5.44. The molecule has 174 valence electrons. The van der Waals surface area contributed by atoms with E-state index in [9.17, 15) is 18.0 Å². The highest BCUT2D eigenvalue weighted by Crippen LogP contribution is 2.30. The molecule has 0 saturated heterocycles. The fourth-order valence-electron chi connectivity index (χ4n) is 4.06. The Morgan fingerprint density at radius 3 is 2.70 bits per heavy atom. The highest BCUT2D eigenvalue weighted by Gasteiger charge is 2.36. The Balaban J connectivity index is 1.39. The van der Waals surface area contributed by atoms with Crippen molar-refractivity contribution < 1.29 is 21.9 Å². The van der Waals surface area contributed by atoms with E-state index in [-0.39, 0.29) is 23.6 Å². The second-order valence-corrected chi connectivity index (χ2v) is 8.40. The molecule has 33 heavy (non-hydrogen) atoms. The van der Waals surface area contributed by atoms with E-state index in [2.05, 4.69) is 20.6 Å². The van der Waals surface area contributed by atoms with Crippen LogP contribution < -0.4 is 10.6 Å². The molecule has 3 aromatic heterocycles. The molecule has 3 heterocycles. The Bertz CT molecular complexity index is 1170. The van der Waals surface area contributed by atoms with Gasteiger partial charge in [-0.25, -0.2) is 14.8 Å². The van der Waals surface area contributed by atoms with Crippen molar-refractivity contribution in [2.75, 3.05) is 17.2 Å². The molecule has 11 heteroatoms. The third-order valence-electron chi connectivity index (χ3n) is 5.73. The van der Waals surface area contributed by atoms with Gasteiger partial charge in [0.2, 0.25) is 0 Å². The van der Waals surface area contributed by atoms with Crippen LogP contribution in [0, 0.1) is 0 Å². The number of fused-ring (bicyclic) bond motifs is 1.